The number of aromatic nitrogens is 3. The molecule has 0 unspecified atom stereocenters. The van der Waals surface area contributed by atoms with Gasteiger partial charge in [0.1, 0.15) is 0 Å². The van der Waals surface area contributed by atoms with Crippen molar-refractivity contribution in [3.63, 3.8) is 0 Å². The fraction of sp³-hybridized carbons (Fsp3) is 0.0600. The highest BCUT2D eigenvalue weighted by molar-refractivity contribution is 6.08. The van der Waals surface area contributed by atoms with Gasteiger partial charge in [0, 0.05) is 34.5 Å². The quantitative estimate of drug-likeness (QED) is 0.182. The molecular weight excluding hydrogens is 643 g/mol. The molecule has 0 bridgehead atoms. The molecule has 0 fully saturated rings. The Bertz CT molecular complexity index is 2860. The molecule has 3 heteroatoms. The third-order valence-corrected chi connectivity index (χ3v) is 11.0. The van der Waals surface area contributed by atoms with Crippen LogP contribution in [0.2, 0.25) is 0 Å². The first kappa shape index (κ1) is 31.1. The van der Waals surface area contributed by atoms with Gasteiger partial charge in [-0.3, -0.25) is 4.98 Å². The Hall–Kier alpha value is -6.71. The zero-order valence-corrected chi connectivity index (χ0v) is 29.6. The summed E-state index contributed by atoms with van der Waals surface area (Å²) in [5, 5.41) is 4.91. The van der Waals surface area contributed by atoms with Crippen LogP contribution in [0.15, 0.2) is 176 Å². The molecule has 0 N–H and O–H groups in total. The highest BCUT2D eigenvalue weighted by atomic mass is 14.9. The average molecular weight is 678 g/mol. The smallest absolute Gasteiger partial charge is 0.160 e. The number of hydrogen-bond acceptors (Lipinski definition) is 3. The molecule has 1 aliphatic rings. The van der Waals surface area contributed by atoms with E-state index in [-0.39, 0.29) is 5.41 Å². The summed E-state index contributed by atoms with van der Waals surface area (Å²) >= 11 is 0. The molecule has 3 nitrogen and oxygen atoms in total. The summed E-state index contributed by atoms with van der Waals surface area (Å²) in [6.07, 6.45) is 3.66. The van der Waals surface area contributed by atoms with Crippen molar-refractivity contribution in [3.05, 3.63) is 187 Å². The van der Waals surface area contributed by atoms with Gasteiger partial charge in [0.15, 0.2) is 5.82 Å². The molecule has 2 aromatic heterocycles. The van der Waals surface area contributed by atoms with Crippen molar-refractivity contribution < 1.29 is 0 Å². The Morgan fingerprint density at radius 3 is 1.85 bits per heavy atom. The summed E-state index contributed by atoms with van der Waals surface area (Å²) in [6, 6.07) is 58.7. The zero-order chi connectivity index (χ0) is 35.5. The van der Waals surface area contributed by atoms with Crippen LogP contribution in [0.1, 0.15) is 25.0 Å². The van der Waals surface area contributed by atoms with Gasteiger partial charge >= 0.3 is 0 Å². The van der Waals surface area contributed by atoms with Crippen molar-refractivity contribution in [1.29, 1.82) is 0 Å². The maximum Gasteiger partial charge on any atom is 0.160 e. The van der Waals surface area contributed by atoms with Gasteiger partial charge in [-0.25, -0.2) is 9.97 Å². The molecule has 0 spiro atoms. The largest absolute Gasteiger partial charge is 0.265 e. The van der Waals surface area contributed by atoms with Crippen LogP contribution in [-0.2, 0) is 5.41 Å². The second-order valence-corrected chi connectivity index (χ2v) is 14.4. The number of rotatable bonds is 5. The second-order valence-electron chi connectivity index (χ2n) is 14.4. The van der Waals surface area contributed by atoms with Gasteiger partial charge in [0.25, 0.3) is 0 Å². The van der Waals surface area contributed by atoms with Crippen LogP contribution < -0.4 is 0 Å². The summed E-state index contributed by atoms with van der Waals surface area (Å²) in [5.74, 6) is 0.701. The molecule has 53 heavy (non-hydrogen) atoms. The first-order valence-corrected chi connectivity index (χ1v) is 18.2. The second kappa shape index (κ2) is 12.2. The molecule has 0 radical (unpaired) electrons. The number of hydrogen-bond donors (Lipinski definition) is 0. The lowest BCUT2D eigenvalue weighted by molar-refractivity contribution is 0.661. The Morgan fingerprint density at radius 2 is 1.04 bits per heavy atom. The van der Waals surface area contributed by atoms with E-state index >= 15 is 0 Å². The number of fused-ring (bicyclic) bond motifs is 5. The van der Waals surface area contributed by atoms with Crippen molar-refractivity contribution in [1.82, 2.24) is 15.0 Å². The van der Waals surface area contributed by atoms with Crippen molar-refractivity contribution in [2.75, 3.05) is 0 Å². The minimum atomic E-state index is -0.111. The molecule has 1 aliphatic carbocycles. The molecule has 0 aliphatic heterocycles. The van der Waals surface area contributed by atoms with Crippen molar-refractivity contribution >= 4 is 21.5 Å². The van der Waals surface area contributed by atoms with Gasteiger partial charge in [0.2, 0.25) is 0 Å². The Balaban J connectivity index is 1.17. The van der Waals surface area contributed by atoms with E-state index in [2.05, 4.69) is 152 Å². The van der Waals surface area contributed by atoms with Crippen LogP contribution in [0.3, 0.4) is 0 Å². The maximum atomic E-state index is 5.25. The molecule has 0 amide bonds. The number of pyridine rings is 1. The maximum absolute atomic E-state index is 5.25. The van der Waals surface area contributed by atoms with Crippen LogP contribution in [-0.4, -0.2) is 15.0 Å². The molecule has 0 saturated heterocycles. The summed E-state index contributed by atoms with van der Waals surface area (Å²) in [7, 11) is 0. The monoisotopic (exact) mass is 677 g/mol. The fourth-order valence-electron chi connectivity index (χ4n) is 8.31. The predicted molar refractivity (Wildman–Crippen MR) is 220 cm³/mol. The summed E-state index contributed by atoms with van der Waals surface area (Å²) < 4.78 is 0. The van der Waals surface area contributed by atoms with Crippen LogP contribution in [0.4, 0.5) is 0 Å². The van der Waals surface area contributed by atoms with Crippen LogP contribution in [0.25, 0.3) is 88.8 Å². The topological polar surface area (TPSA) is 38.7 Å². The first-order valence-electron chi connectivity index (χ1n) is 18.2. The highest BCUT2D eigenvalue weighted by Crippen LogP contribution is 2.54. The van der Waals surface area contributed by atoms with Gasteiger partial charge in [-0.15, -0.1) is 0 Å². The van der Waals surface area contributed by atoms with E-state index in [4.69, 9.17) is 9.97 Å². The van der Waals surface area contributed by atoms with E-state index in [0.29, 0.717) is 5.82 Å². The fourth-order valence-corrected chi connectivity index (χ4v) is 8.31. The molecular formula is C50H35N3. The third kappa shape index (κ3) is 5.16. The summed E-state index contributed by atoms with van der Waals surface area (Å²) in [5.41, 5.74) is 14.9. The van der Waals surface area contributed by atoms with Crippen molar-refractivity contribution in [2.24, 2.45) is 0 Å². The van der Waals surface area contributed by atoms with Crippen molar-refractivity contribution in [3.8, 4) is 67.3 Å². The SMILES string of the molecule is CC1(C)c2cc3ccccc3cc2-c2c(-c3ccc(-c4cc(-c5cccc(-c6ccncc6)c5)nc(-c5ccccc5)n4)c4ccccc34)cccc21. The van der Waals surface area contributed by atoms with Gasteiger partial charge in [-0.1, -0.05) is 141 Å². The van der Waals surface area contributed by atoms with E-state index in [9.17, 15) is 0 Å². The molecule has 9 aromatic rings. The summed E-state index contributed by atoms with van der Waals surface area (Å²) in [6.45, 7) is 4.72. The third-order valence-electron chi connectivity index (χ3n) is 11.0. The van der Waals surface area contributed by atoms with Crippen LogP contribution in [0.5, 0.6) is 0 Å². The molecule has 0 atom stereocenters. The van der Waals surface area contributed by atoms with Crippen LogP contribution in [0, 0.1) is 0 Å². The lowest BCUT2D eigenvalue weighted by Crippen LogP contribution is -2.14. The van der Waals surface area contributed by atoms with E-state index in [1.165, 1.54) is 49.5 Å². The van der Waals surface area contributed by atoms with Crippen LogP contribution >= 0.6 is 0 Å². The predicted octanol–water partition coefficient (Wildman–Crippen LogP) is 12.8. The van der Waals surface area contributed by atoms with Gasteiger partial charge in [0.05, 0.1) is 11.4 Å². The standard InChI is InChI=1S/C50H35N3/c1-50(2)44-21-11-20-42(48(44)43-29-35-14-6-7-15-36(35)30-45(43)50)40-22-23-41(39-19-9-8-18-38(39)40)47-31-46(52-49(53-47)33-12-4-3-5-13-33)37-17-10-16-34(28-37)32-24-26-51-27-25-32/h3-31H,1-2H3. The zero-order valence-electron chi connectivity index (χ0n) is 29.6. The summed E-state index contributed by atoms with van der Waals surface area (Å²) in [4.78, 5) is 14.6. The van der Waals surface area contributed by atoms with E-state index in [1.54, 1.807) is 0 Å². The highest BCUT2D eigenvalue weighted by Gasteiger charge is 2.37. The Kier molecular flexibility index (Phi) is 7.16. The Labute approximate surface area is 309 Å². The van der Waals surface area contributed by atoms with E-state index in [0.717, 1.165) is 44.6 Å². The van der Waals surface area contributed by atoms with Gasteiger partial charge < -0.3 is 0 Å². The van der Waals surface area contributed by atoms with Crippen molar-refractivity contribution in [2.45, 2.75) is 19.3 Å². The first-order chi connectivity index (χ1) is 26.0. The van der Waals surface area contributed by atoms with Gasteiger partial charge in [-0.05, 0) is 102 Å². The molecule has 7 aromatic carbocycles. The molecule has 250 valence electrons. The molecule has 0 saturated carbocycles. The minimum Gasteiger partial charge on any atom is -0.265 e. The lowest BCUT2D eigenvalue weighted by Gasteiger charge is -2.22. The number of nitrogens with zero attached hydrogens (tertiary/aromatic N) is 3. The Morgan fingerprint density at radius 1 is 0.396 bits per heavy atom. The lowest BCUT2D eigenvalue weighted by atomic mass is 9.81. The molecule has 10 rings (SSSR count). The normalized spacial score (nSPS) is 12.9. The van der Waals surface area contributed by atoms with Gasteiger partial charge in [-0.2, -0.15) is 0 Å². The number of benzene rings is 7. The van der Waals surface area contributed by atoms with E-state index in [1.807, 2.05) is 42.7 Å². The average Bonchev–Trinajstić information content (AvgIpc) is 3.45. The minimum absolute atomic E-state index is 0.111. The molecule has 2 heterocycles. The van der Waals surface area contributed by atoms with E-state index < -0.39 is 0 Å².